The average molecular weight is 534 g/mol. The summed E-state index contributed by atoms with van der Waals surface area (Å²) in [5.41, 5.74) is 0.830. The molecule has 0 heterocycles. The van der Waals surface area contributed by atoms with Crippen molar-refractivity contribution in [3.63, 3.8) is 0 Å². The molecule has 0 bridgehead atoms. The van der Waals surface area contributed by atoms with Crippen molar-refractivity contribution >= 4 is 51.5 Å². The van der Waals surface area contributed by atoms with Crippen LogP contribution in [0.3, 0.4) is 0 Å². The van der Waals surface area contributed by atoms with Gasteiger partial charge in [0.2, 0.25) is 0 Å². The Hall–Kier alpha value is -1.96. The SMILES string of the molecule is COC(=O)CNC(=O)c1cc(Oc2c(Br)cc(C[P+](C)=O)cc2Br)ccc1O. The molecule has 2 aromatic carbocycles. The maximum absolute atomic E-state index is 12.2. The molecule has 0 aliphatic carbocycles. The molecule has 1 amide bonds. The molecule has 2 N–H and O–H groups in total. The van der Waals surface area contributed by atoms with Gasteiger partial charge in [0, 0.05) is 5.56 Å². The lowest BCUT2D eigenvalue weighted by atomic mass is 10.1. The van der Waals surface area contributed by atoms with Gasteiger partial charge in [-0.15, -0.1) is 0 Å². The van der Waals surface area contributed by atoms with Gasteiger partial charge in [-0.25, -0.2) is 0 Å². The molecule has 1 unspecified atom stereocenters. The third kappa shape index (κ3) is 6.02. The highest BCUT2D eigenvalue weighted by molar-refractivity contribution is 9.11. The van der Waals surface area contributed by atoms with E-state index in [0.717, 1.165) is 5.56 Å². The van der Waals surface area contributed by atoms with Crippen LogP contribution in [0.2, 0.25) is 0 Å². The molecule has 28 heavy (non-hydrogen) atoms. The molecular weight excluding hydrogens is 517 g/mol. The summed E-state index contributed by atoms with van der Waals surface area (Å²) in [6, 6.07) is 7.79. The predicted octanol–water partition coefficient (Wildman–Crippen LogP) is 4.57. The number of hydrogen-bond acceptors (Lipinski definition) is 6. The van der Waals surface area contributed by atoms with E-state index in [1.54, 1.807) is 18.8 Å². The molecule has 0 aliphatic heterocycles. The van der Waals surface area contributed by atoms with E-state index < -0.39 is 19.7 Å². The molecule has 10 heteroatoms. The maximum Gasteiger partial charge on any atom is 0.340 e. The van der Waals surface area contributed by atoms with Gasteiger partial charge in [0.25, 0.3) is 5.91 Å². The van der Waals surface area contributed by atoms with E-state index in [0.29, 0.717) is 26.6 Å². The Morgan fingerprint density at radius 2 is 1.82 bits per heavy atom. The molecule has 0 aliphatic rings. The molecule has 0 spiro atoms. The summed E-state index contributed by atoms with van der Waals surface area (Å²) in [6.07, 6.45) is 0.441. The van der Waals surface area contributed by atoms with Crippen molar-refractivity contribution in [2.45, 2.75) is 6.16 Å². The van der Waals surface area contributed by atoms with Gasteiger partial charge in [-0.3, -0.25) is 9.59 Å². The van der Waals surface area contributed by atoms with E-state index in [1.807, 2.05) is 0 Å². The molecule has 1 atom stereocenters. The molecule has 0 fully saturated rings. The van der Waals surface area contributed by atoms with Gasteiger partial charge in [0.1, 0.15) is 24.7 Å². The van der Waals surface area contributed by atoms with Gasteiger partial charge in [-0.05, 0) is 62.2 Å². The van der Waals surface area contributed by atoms with Gasteiger partial charge in [-0.1, -0.05) is 4.57 Å². The van der Waals surface area contributed by atoms with Crippen molar-refractivity contribution in [1.29, 1.82) is 0 Å². The first-order valence-corrected chi connectivity index (χ1v) is 11.4. The number of phenols is 1. The van der Waals surface area contributed by atoms with Crippen molar-refractivity contribution in [2.75, 3.05) is 20.3 Å². The smallest absolute Gasteiger partial charge is 0.340 e. The lowest BCUT2D eigenvalue weighted by Crippen LogP contribution is -2.30. The number of hydrogen-bond donors (Lipinski definition) is 2. The number of phenolic OH excluding ortho intramolecular Hbond substituents is 1. The second-order valence-corrected chi connectivity index (χ2v) is 9.00. The van der Waals surface area contributed by atoms with Crippen LogP contribution in [0.5, 0.6) is 17.2 Å². The highest BCUT2D eigenvalue weighted by Gasteiger charge is 2.17. The van der Waals surface area contributed by atoms with E-state index in [-0.39, 0.29) is 17.9 Å². The Balaban J connectivity index is 2.24. The van der Waals surface area contributed by atoms with Gasteiger partial charge < -0.3 is 19.9 Å². The highest BCUT2D eigenvalue weighted by Crippen LogP contribution is 2.40. The number of nitrogens with one attached hydrogen (secondary N) is 1. The molecule has 0 saturated carbocycles. The fraction of sp³-hybridized carbons (Fsp3) is 0.222. The summed E-state index contributed by atoms with van der Waals surface area (Å²) in [7, 11) is -0.114. The topological polar surface area (TPSA) is 102 Å². The number of rotatable bonds is 7. The molecule has 0 saturated heterocycles. The Kier molecular flexibility index (Phi) is 7.98. The van der Waals surface area contributed by atoms with Crippen LogP contribution >= 0.6 is 39.7 Å². The zero-order chi connectivity index (χ0) is 20.8. The fourth-order valence-electron chi connectivity index (χ4n) is 2.26. The van der Waals surface area contributed by atoms with Crippen LogP contribution in [0.4, 0.5) is 0 Å². The second kappa shape index (κ2) is 10.0. The Morgan fingerprint density at radius 3 is 2.39 bits per heavy atom. The van der Waals surface area contributed by atoms with E-state index >= 15 is 0 Å². The summed E-state index contributed by atoms with van der Waals surface area (Å²) in [5, 5.41) is 12.3. The summed E-state index contributed by atoms with van der Waals surface area (Å²) < 4.78 is 23.0. The van der Waals surface area contributed by atoms with E-state index in [4.69, 9.17) is 4.74 Å². The zero-order valence-corrected chi connectivity index (χ0v) is 19.1. The van der Waals surface area contributed by atoms with E-state index in [1.165, 1.54) is 25.3 Å². The van der Waals surface area contributed by atoms with Crippen molar-refractivity contribution in [1.82, 2.24) is 5.32 Å². The number of ether oxygens (including phenoxy) is 2. The third-order valence-electron chi connectivity index (χ3n) is 3.52. The first-order valence-electron chi connectivity index (χ1n) is 7.93. The van der Waals surface area contributed by atoms with Crippen LogP contribution in [0.25, 0.3) is 0 Å². The van der Waals surface area contributed by atoms with Crippen molar-refractivity contribution < 1.29 is 28.7 Å². The Bertz CT molecular complexity index is 911. The predicted molar refractivity (Wildman–Crippen MR) is 112 cm³/mol. The minimum absolute atomic E-state index is 0.0479. The lowest BCUT2D eigenvalue weighted by molar-refractivity contribution is -0.139. The van der Waals surface area contributed by atoms with Crippen LogP contribution < -0.4 is 10.1 Å². The van der Waals surface area contributed by atoms with Crippen molar-refractivity contribution in [3.05, 3.63) is 50.4 Å². The zero-order valence-electron chi connectivity index (χ0n) is 15.0. The van der Waals surface area contributed by atoms with Gasteiger partial charge in [-0.2, -0.15) is 0 Å². The minimum atomic E-state index is -1.32. The van der Waals surface area contributed by atoms with Gasteiger partial charge in [0.15, 0.2) is 11.9 Å². The molecule has 2 rings (SSSR count). The first-order chi connectivity index (χ1) is 13.2. The van der Waals surface area contributed by atoms with Gasteiger partial charge in [0.05, 0.1) is 21.6 Å². The highest BCUT2D eigenvalue weighted by atomic mass is 79.9. The molecule has 7 nitrogen and oxygen atoms in total. The lowest BCUT2D eigenvalue weighted by Gasteiger charge is -2.13. The monoisotopic (exact) mass is 532 g/mol. The van der Waals surface area contributed by atoms with Crippen LogP contribution in [-0.4, -0.2) is 37.3 Å². The van der Waals surface area contributed by atoms with Crippen LogP contribution in [-0.2, 0) is 20.3 Å². The standard InChI is InChI=1S/C18H16Br2NO6P/c1-26-16(23)8-21-18(24)12-7-11(3-4-15(12)22)27-17-13(19)5-10(6-14(17)20)9-28(2)25/h3-7H,8-9H2,1-2H3,(H-,21,22,24)/p+1. The second-order valence-electron chi connectivity index (χ2n) is 5.71. The number of aromatic hydroxyl groups is 1. The largest absolute Gasteiger partial charge is 0.507 e. The summed E-state index contributed by atoms with van der Waals surface area (Å²) >= 11 is 6.85. The number of esters is 1. The van der Waals surface area contributed by atoms with E-state index in [9.17, 15) is 19.3 Å². The van der Waals surface area contributed by atoms with E-state index in [2.05, 4.69) is 41.9 Å². The Labute approximate surface area is 179 Å². The minimum Gasteiger partial charge on any atom is -0.507 e. The Morgan fingerprint density at radius 1 is 1.18 bits per heavy atom. The van der Waals surface area contributed by atoms with Crippen molar-refractivity contribution in [3.8, 4) is 17.2 Å². The normalized spacial score (nSPS) is 10.9. The summed E-state index contributed by atoms with van der Waals surface area (Å²) in [5.74, 6) is -0.746. The quantitative estimate of drug-likeness (QED) is 0.399. The number of halogens is 2. The van der Waals surface area contributed by atoms with Crippen molar-refractivity contribution in [2.24, 2.45) is 0 Å². The molecule has 2 aromatic rings. The average Bonchev–Trinajstić information content (AvgIpc) is 2.63. The number of benzene rings is 2. The number of carbonyl (C=O) groups is 2. The molecule has 148 valence electrons. The molecule has 0 radical (unpaired) electrons. The number of carbonyl (C=O) groups excluding carboxylic acids is 2. The van der Waals surface area contributed by atoms with Gasteiger partial charge >= 0.3 is 13.8 Å². The van der Waals surface area contributed by atoms with Crippen LogP contribution in [0.15, 0.2) is 39.3 Å². The maximum atomic E-state index is 12.2. The molecule has 0 aromatic heterocycles. The van der Waals surface area contributed by atoms with Crippen LogP contribution in [0, 0.1) is 0 Å². The number of amides is 1. The summed E-state index contributed by atoms with van der Waals surface area (Å²) in [6.45, 7) is 1.34. The first kappa shape index (κ1) is 22.3. The fourth-order valence-corrected chi connectivity index (χ4v) is 4.40. The molecular formula is C18H17Br2NO6P+. The number of methoxy groups -OCH3 is 1. The summed E-state index contributed by atoms with van der Waals surface area (Å²) in [4.78, 5) is 23.3. The third-order valence-corrected chi connectivity index (χ3v) is 5.51. The van der Waals surface area contributed by atoms with Crippen LogP contribution in [0.1, 0.15) is 15.9 Å².